The molecule has 0 aromatic carbocycles. The number of rotatable bonds is 4. The molecule has 0 aliphatic rings. The van der Waals surface area contributed by atoms with Crippen LogP contribution in [0.4, 0.5) is 5.82 Å². The van der Waals surface area contributed by atoms with E-state index in [0.717, 1.165) is 11.0 Å². The first-order valence-electron chi connectivity index (χ1n) is 4.19. The van der Waals surface area contributed by atoms with Gasteiger partial charge in [0.1, 0.15) is 0 Å². The fourth-order valence-corrected chi connectivity index (χ4v) is 1.27. The Balaban J connectivity index is 2.73. The number of alkyl halides is 1. The number of aromatic amines is 1. The summed E-state index contributed by atoms with van der Waals surface area (Å²) in [6.45, 7) is 4.14. The van der Waals surface area contributed by atoms with E-state index in [1.54, 1.807) is 0 Å². The molecule has 1 aromatic heterocycles. The van der Waals surface area contributed by atoms with Gasteiger partial charge in [0.15, 0.2) is 0 Å². The minimum Gasteiger partial charge on any atom is -0.358 e. The summed E-state index contributed by atoms with van der Waals surface area (Å²) in [5, 5.41) is 17.5. The summed E-state index contributed by atoms with van der Waals surface area (Å²) >= 11 is 3.39. The van der Waals surface area contributed by atoms with E-state index in [9.17, 15) is 10.1 Å². The lowest BCUT2D eigenvalue weighted by Crippen LogP contribution is -2.16. The van der Waals surface area contributed by atoms with Crippen LogP contribution in [0.25, 0.3) is 0 Å². The number of nitro groups is 1. The van der Waals surface area contributed by atoms with Gasteiger partial charge in [0.2, 0.25) is 0 Å². The average Bonchev–Trinajstić information content (AvgIpc) is 2.52. The van der Waals surface area contributed by atoms with Gasteiger partial charge in [0, 0.05) is 5.33 Å². The zero-order valence-corrected chi connectivity index (χ0v) is 9.67. The lowest BCUT2D eigenvalue weighted by Gasteiger charge is -2.18. The molecule has 0 radical (unpaired) electrons. The van der Waals surface area contributed by atoms with Gasteiger partial charge in [-0.15, -0.1) is 5.10 Å². The van der Waals surface area contributed by atoms with Crippen molar-refractivity contribution in [3.05, 3.63) is 21.9 Å². The first-order chi connectivity index (χ1) is 6.44. The summed E-state index contributed by atoms with van der Waals surface area (Å²) in [6, 6.07) is 1.48. The third-order valence-electron chi connectivity index (χ3n) is 1.84. The lowest BCUT2D eigenvalue weighted by atomic mass is 9.90. The van der Waals surface area contributed by atoms with Gasteiger partial charge in [-0.25, -0.2) is 0 Å². The van der Waals surface area contributed by atoms with Crippen molar-refractivity contribution in [2.75, 3.05) is 5.33 Å². The average molecular weight is 262 g/mol. The largest absolute Gasteiger partial charge is 0.358 e. The van der Waals surface area contributed by atoms with Gasteiger partial charge in [-0.1, -0.05) is 34.9 Å². The molecular formula is C8H12BrN3O2. The topological polar surface area (TPSA) is 71.8 Å². The molecule has 0 aliphatic heterocycles. The Morgan fingerprint density at radius 1 is 1.71 bits per heavy atom. The summed E-state index contributed by atoms with van der Waals surface area (Å²) in [7, 11) is 0. The van der Waals surface area contributed by atoms with Crippen LogP contribution in [-0.2, 0) is 6.42 Å². The number of H-pyrrole nitrogens is 1. The van der Waals surface area contributed by atoms with Crippen molar-refractivity contribution in [2.45, 2.75) is 20.3 Å². The fraction of sp³-hybridized carbons (Fsp3) is 0.625. The molecule has 78 valence electrons. The van der Waals surface area contributed by atoms with Gasteiger partial charge in [0.25, 0.3) is 0 Å². The van der Waals surface area contributed by atoms with Gasteiger partial charge in [0.05, 0.1) is 11.8 Å². The zero-order chi connectivity index (χ0) is 10.8. The van der Waals surface area contributed by atoms with Crippen LogP contribution in [0.1, 0.15) is 19.5 Å². The first kappa shape index (κ1) is 11.2. The maximum Gasteiger partial charge on any atom is 0.342 e. The number of nitrogens with zero attached hydrogens (tertiary/aromatic N) is 2. The molecule has 0 amide bonds. The van der Waals surface area contributed by atoms with Gasteiger partial charge in [-0.2, -0.15) is 0 Å². The molecule has 1 heterocycles. The highest BCUT2D eigenvalue weighted by Gasteiger charge is 2.20. The number of aromatic nitrogens is 2. The van der Waals surface area contributed by atoms with Crippen molar-refractivity contribution in [3.63, 3.8) is 0 Å². The van der Waals surface area contributed by atoms with Crippen LogP contribution >= 0.6 is 15.9 Å². The zero-order valence-electron chi connectivity index (χ0n) is 8.08. The molecule has 0 unspecified atom stereocenters. The summed E-state index contributed by atoms with van der Waals surface area (Å²) < 4.78 is 0. The molecule has 14 heavy (non-hydrogen) atoms. The van der Waals surface area contributed by atoms with Crippen molar-refractivity contribution < 1.29 is 4.92 Å². The van der Waals surface area contributed by atoms with Gasteiger partial charge in [-0.05, 0) is 16.8 Å². The van der Waals surface area contributed by atoms with Crippen molar-refractivity contribution >= 4 is 21.7 Å². The molecule has 6 heteroatoms. The van der Waals surface area contributed by atoms with Crippen LogP contribution < -0.4 is 0 Å². The molecule has 1 aromatic rings. The quantitative estimate of drug-likeness (QED) is 0.514. The Morgan fingerprint density at radius 2 is 2.36 bits per heavy atom. The van der Waals surface area contributed by atoms with Crippen molar-refractivity contribution in [2.24, 2.45) is 5.41 Å². The SMILES string of the molecule is CC(C)(CBr)Cc1cc([N+](=O)[O-])[nH]n1. The third kappa shape index (κ3) is 2.80. The number of halogens is 1. The Kier molecular flexibility index (Phi) is 3.25. The van der Waals surface area contributed by atoms with E-state index in [1.165, 1.54) is 6.07 Å². The molecule has 5 nitrogen and oxygen atoms in total. The fourth-order valence-electron chi connectivity index (χ4n) is 1.07. The third-order valence-corrected chi connectivity index (χ3v) is 3.35. The molecular weight excluding hydrogens is 250 g/mol. The van der Waals surface area contributed by atoms with E-state index in [1.807, 2.05) is 0 Å². The highest BCUT2D eigenvalue weighted by molar-refractivity contribution is 9.09. The number of nitrogens with one attached hydrogen (secondary N) is 1. The Bertz CT molecular complexity index is 335. The second-order valence-corrected chi connectivity index (χ2v) is 4.54. The van der Waals surface area contributed by atoms with E-state index in [-0.39, 0.29) is 11.2 Å². The monoisotopic (exact) mass is 261 g/mol. The molecule has 0 atom stereocenters. The second-order valence-electron chi connectivity index (χ2n) is 3.98. The van der Waals surface area contributed by atoms with Crippen LogP contribution in [0.3, 0.4) is 0 Å². The summed E-state index contributed by atoms with van der Waals surface area (Å²) in [4.78, 5) is 9.90. The Morgan fingerprint density at radius 3 is 2.79 bits per heavy atom. The standard InChI is InChI=1S/C8H12BrN3O2/c1-8(2,5-9)4-6-3-7(11-10-6)12(13)14/h3H,4-5H2,1-2H3,(H,10,11). The van der Waals surface area contributed by atoms with E-state index in [2.05, 4.69) is 40.0 Å². The highest BCUT2D eigenvalue weighted by atomic mass is 79.9. The predicted octanol–water partition coefficient (Wildman–Crippen LogP) is 2.28. The van der Waals surface area contributed by atoms with E-state index >= 15 is 0 Å². The molecule has 0 fully saturated rings. The first-order valence-corrected chi connectivity index (χ1v) is 5.31. The lowest BCUT2D eigenvalue weighted by molar-refractivity contribution is -0.389. The van der Waals surface area contributed by atoms with E-state index in [0.29, 0.717) is 6.42 Å². The van der Waals surface area contributed by atoms with Gasteiger partial charge >= 0.3 is 5.82 Å². The summed E-state index contributed by atoms with van der Waals surface area (Å²) in [5.41, 5.74) is 0.782. The molecule has 1 rings (SSSR count). The van der Waals surface area contributed by atoms with Crippen LogP contribution in [0.15, 0.2) is 6.07 Å². The van der Waals surface area contributed by atoms with Crippen molar-refractivity contribution in [1.82, 2.24) is 10.2 Å². The Labute approximate surface area is 90.2 Å². The van der Waals surface area contributed by atoms with Crippen molar-refractivity contribution in [3.8, 4) is 0 Å². The van der Waals surface area contributed by atoms with Crippen LogP contribution in [0, 0.1) is 15.5 Å². The van der Waals surface area contributed by atoms with Gasteiger partial charge < -0.3 is 10.1 Å². The molecule has 0 spiro atoms. The number of hydrogen-bond donors (Lipinski definition) is 1. The van der Waals surface area contributed by atoms with Crippen LogP contribution in [0.5, 0.6) is 0 Å². The summed E-state index contributed by atoms with van der Waals surface area (Å²) in [5.74, 6) is -0.0506. The van der Waals surface area contributed by atoms with E-state index < -0.39 is 4.92 Å². The minimum absolute atomic E-state index is 0.0506. The van der Waals surface area contributed by atoms with Gasteiger partial charge in [-0.3, -0.25) is 0 Å². The predicted molar refractivity (Wildman–Crippen MR) is 56.5 cm³/mol. The molecule has 0 aliphatic carbocycles. The maximum atomic E-state index is 10.4. The van der Waals surface area contributed by atoms with Crippen LogP contribution in [-0.4, -0.2) is 20.5 Å². The highest BCUT2D eigenvalue weighted by Crippen LogP contribution is 2.24. The number of hydrogen-bond acceptors (Lipinski definition) is 3. The molecule has 0 saturated carbocycles. The normalized spacial score (nSPS) is 11.6. The summed E-state index contributed by atoms with van der Waals surface area (Å²) in [6.07, 6.45) is 0.711. The van der Waals surface area contributed by atoms with Crippen LogP contribution in [0.2, 0.25) is 0 Å². The minimum atomic E-state index is -0.475. The molecule has 1 N–H and O–H groups in total. The smallest absolute Gasteiger partial charge is 0.342 e. The molecule has 0 bridgehead atoms. The van der Waals surface area contributed by atoms with E-state index in [4.69, 9.17) is 0 Å². The molecule has 0 saturated heterocycles. The van der Waals surface area contributed by atoms with Crippen molar-refractivity contribution in [1.29, 1.82) is 0 Å². The second kappa shape index (κ2) is 4.08. The maximum absolute atomic E-state index is 10.4. The Hall–Kier alpha value is -0.910.